The predicted molar refractivity (Wildman–Crippen MR) is 130 cm³/mol. The second-order valence-electron chi connectivity index (χ2n) is 8.64. The maximum absolute atomic E-state index is 12.4. The molecule has 1 fully saturated rings. The quantitative estimate of drug-likeness (QED) is 0.473. The molecule has 3 aromatic heterocycles. The van der Waals surface area contributed by atoms with Crippen molar-refractivity contribution in [1.82, 2.24) is 24.4 Å². The van der Waals surface area contributed by atoms with E-state index in [1.54, 1.807) is 6.08 Å². The van der Waals surface area contributed by atoms with E-state index < -0.39 is 0 Å². The second kappa shape index (κ2) is 8.83. The van der Waals surface area contributed by atoms with Gasteiger partial charge in [0, 0.05) is 47.9 Å². The van der Waals surface area contributed by atoms with Crippen molar-refractivity contribution in [2.75, 3.05) is 26.3 Å². The van der Waals surface area contributed by atoms with E-state index in [4.69, 9.17) is 14.7 Å². The van der Waals surface area contributed by atoms with Gasteiger partial charge in [-0.15, -0.1) is 0 Å². The summed E-state index contributed by atoms with van der Waals surface area (Å²) in [5, 5.41) is 1.12. The lowest BCUT2D eigenvalue weighted by atomic mass is 10.1. The third-order valence-corrected chi connectivity index (χ3v) is 6.19. The van der Waals surface area contributed by atoms with Crippen molar-refractivity contribution in [2.24, 2.45) is 0 Å². The molecule has 4 heterocycles. The zero-order chi connectivity index (χ0) is 22.9. The maximum Gasteiger partial charge on any atom is 0.246 e. The summed E-state index contributed by atoms with van der Waals surface area (Å²) in [6.07, 6.45) is 4.34. The number of H-pyrrole nitrogens is 1. The third kappa shape index (κ3) is 4.28. The van der Waals surface area contributed by atoms with Crippen LogP contribution in [0.25, 0.3) is 28.1 Å². The molecule has 4 aromatic rings. The van der Waals surface area contributed by atoms with Gasteiger partial charge in [0.2, 0.25) is 5.91 Å². The van der Waals surface area contributed by atoms with Gasteiger partial charge in [-0.05, 0) is 55.3 Å². The number of carbonyl (C=O) groups excluding carboxylic acids is 1. The van der Waals surface area contributed by atoms with Crippen LogP contribution in [0.3, 0.4) is 0 Å². The molecule has 33 heavy (non-hydrogen) atoms. The largest absolute Gasteiger partial charge is 0.378 e. The van der Waals surface area contributed by atoms with Crippen molar-refractivity contribution < 1.29 is 9.53 Å². The van der Waals surface area contributed by atoms with Crippen molar-refractivity contribution in [1.29, 1.82) is 0 Å². The number of amides is 1. The van der Waals surface area contributed by atoms with E-state index in [-0.39, 0.29) is 5.91 Å². The van der Waals surface area contributed by atoms with Gasteiger partial charge in [0.1, 0.15) is 11.3 Å². The van der Waals surface area contributed by atoms with Crippen LogP contribution in [-0.2, 0) is 22.5 Å². The summed E-state index contributed by atoms with van der Waals surface area (Å²) in [5.41, 5.74) is 7.26. The summed E-state index contributed by atoms with van der Waals surface area (Å²) in [5.74, 6) is 1.07. The van der Waals surface area contributed by atoms with Crippen LogP contribution >= 0.6 is 0 Å². The number of nitrogens with zero attached hydrogens (tertiary/aromatic N) is 4. The molecule has 0 atom stereocenters. The van der Waals surface area contributed by atoms with Crippen LogP contribution in [0.5, 0.6) is 0 Å². The van der Waals surface area contributed by atoms with Crippen LogP contribution in [0.15, 0.2) is 36.4 Å². The Balaban J connectivity index is 1.40. The first-order chi connectivity index (χ1) is 16.0. The van der Waals surface area contributed by atoms with Crippen molar-refractivity contribution in [3.8, 4) is 0 Å². The molecule has 0 aliphatic carbocycles. The van der Waals surface area contributed by atoms with E-state index in [2.05, 4.69) is 53.7 Å². The average Bonchev–Trinajstić information content (AvgIpc) is 3.39. The first-order valence-corrected chi connectivity index (χ1v) is 11.5. The Kier molecular flexibility index (Phi) is 5.72. The topological polar surface area (TPSA) is 76.0 Å². The van der Waals surface area contributed by atoms with Gasteiger partial charge in [-0.1, -0.05) is 13.0 Å². The van der Waals surface area contributed by atoms with Gasteiger partial charge in [-0.25, -0.2) is 9.97 Å². The molecule has 0 bridgehead atoms. The Morgan fingerprint density at radius 3 is 2.76 bits per heavy atom. The fourth-order valence-electron chi connectivity index (χ4n) is 4.51. The minimum Gasteiger partial charge on any atom is -0.378 e. The van der Waals surface area contributed by atoms with Crippen molar-refractivity contribution in [3.63, 3.8) is 0 Å². The first kappa shape index (κ1) is 21.4. The predicted octanol–water partition coefficient (Wildman–Crippen LogP) is 4.01. The third-order valence-electron chi connectivity index (χ3n) is 6.19. The van der Waals surface area contributed by atoms with Gasteiger partial charge < -0.3 is 19.2 Å². The Morgan fingerprint density at radius 1 is 1.15 bits per heavy atom. The van der Waals surface area contributed by atoms with Crippen LogP contribution in [0.2, 0.25) is 0 Å². The molecule has 1 aliphatic heterocycles. The summed E-state index contributed by atoms with van der Waals surface area (Å²) in [4.78, 5) is 27.2. The fraction of sp³-hybridized carbons (Fsp3) is 0.346. The molecule has 1 aromatic carbocycles. The van der Waals surface area contributed by atoms with E-state index in [1.807, 2.05) is 17.9 Å². The van der Waals surface area contributed by atoms with Gasteiger partial charge >= 0.3 is 0 Å². The molecule has 5 rings (SSSR count). The minimum absolute atomic E-state index is 0.0230. The molecular weight excluding hydrogens is 414 g/mol. The molecule has 1 aliphatic rings. The molecule has 1 amide bonds. The number of pyridine rings is 1. The normalized spacial score (nSPS) is 14.7. The summed E-state index contributed by atoms with van der Waals surface area (Å²) in [6, 6.07) is 10.6. The summed E-state index contributed by atoms with van der Waals surface area (Å²) in [7, 11) is 0. The van der Waals surface area contributed by atoms with Gasteiger partial charge in [-0.3, -0.25) is 4.79 Å². The number of hydrogen-bond acceptors (Lipinski definition) is 4. The second-order valence-corrected chi connectivity index (χ2v) is 8.64. The smallest absolute Gasteiger partial charge is 0.246 e. The highest BCUT2D eigenvalue weighted by molar-refractivity contribution is 5.93. The molecule has 1 saturated heterocycles. The van der Waals surface area contributed by atoms with Crippen LogP contribution in [0, 0.1) is 13.8 Å². The van der Waals surface area contributed by atoms with E-state index in [1.165, 1.54) is 5.56 Å². The molecule has 0 unspecified atom stereocenters. The minimum atomic E-state index is 0.0230. The lowest BCUT2D eigenvalue weighted by molar-refractivity contribution is -0.129. The zero-order valence-electron chi connectivity index (χ0n) is 19.4. The van der Waals surface area contributed by atoms with E-state index in [0.29, 0.717) is 26.3 Å². The number of aryl methyl sites for hydroxylation is 3. The number of ether oxygens (including phenoxy) is 1. The Labute approximate surface area is 193 Å². The summed E-state index contributed by atoms with van der Waals surface area (Å²) < 4.78 is 7.54. The molecule has 7 nitrogen and oxygen atoms in total. The highest BCUT2D eigenvalue weighted by atomic mass is 16.5. The van der Waals surface area contributed by atoms with E-state index in [9.17, 15) is 4.79 Å². The first-order valence-electron chi connectivity index (χ1n) is 11.5. The number of benzene rings is 1. The lowest BCUT2D eigenvalue weighted by Crippen LogP contribution is -2.39. The standard InChI is InChI=1S/C26H29N5O2/c1-4-23-29-25-17(2)13-18(3)27-26(25)31(23)16-19-5-7-22-20(14-19)15-21(28-22)6-8-24(32)30-9-11-33-12-10-30/h5-8,13-15,28H,4,9-12,16H2,1-3H3/b8-6+. The van der Waals surface area contributed by atoms with Gasteiger partial charge in [0.25, 0.3) is 0 Å². The number of aromatic nitrogens is 4. The number of aromatic amines is 1. The molecule has 0 saturated carbocycles. The number of morpholine rings is 1. The number of imidazole rings is 1. The van der Waals surface area contributed by atoms with Crippen LogP contribution in [-0.4, -0.2) is 56.6 Å². The molecule has 1 N–H and O–H groups in total. The fourth-order valence-corrected chi connectivity index (χ4v) is 4.51. The number of rotatable bonds is 5. The summed E-state index contributed by atoms with van der Waals surface area (Å²) >= 11 is 0. The van der Waals surface area contributed by atoms with Gasteiger partial charge in [0.05, 0.1) is 19.8 Å². The Hall–Kier alpha value is -3.45. The molecule has 7 heteroatoms. The SMILES string of the molecule is CCc1nc2c(C)cc(C)nc2n1Cc1ccc2[nH]c(/C=C/C(=O)N3CCOCC3)cc2c1. The highest BCUT2D eigenvalue weighted by Gasteiger charge is 2.15. The zero-order valence-corrected chi connectivity index (χ0v) is 19.4. The molecule has 170 valence electrons. The molecule has 0 radical (unpaired) electrons. The molecular formula is C26H29N5O2. The Bertz CT molecular complexity index is 1360. The number of carbonyl (C=O) groups is 1. The van der Waals surface area contributed by atoms with Gasteiger partial charge in [-0.2, -0.15) is 0 Å². The highest BCUT2D eigenvalue weighted by Crippen LogP contribution is 2.23. The number of hydrogen-bond donors (Lipinski definition) is 1. The average molecular weight is 444 g/mol. The van der Waals surface area contributed by atoms with Crippen molar-refractivity contribution in [2.45, 2.75) is 33.7 Å². The lowest BCUT2D eigenvalue weighted by Gasteiger charge is -2.25. The van der Waals surface area contributed by atoms with Crippen LogP contribution in [0.1, 0.15) is 35.3 Å². The summed E-state index contributed by atoms with van der Waals surface area (Å²) in [6.45, 7) is 9.48. The van der Waals surface area contributed by atoms with Crippen LogP contribution in [0.4, 0.5) is 0 Å². The maximum atomic E-state index is 12.4. The molecule has 0 spiro atoms. The van der Waals surface area contributed by atoms with Crippen molar-refractivity contribution in [3.05, 3.63) is 64.7 Å². The van der Waals surface area contributed by atoms with Gasteiger partial charge in [0.15, 0.2) is 5.65 Å². The number of nitrogens with one attached hydrogen (secondary N) is 1. The van der Waals surface area contributed by atoms with Crippen LogP contribution < -0.4 is 0 Å². The monoisotopic (exact) mass is 443 g/mol. The van der Waals surface area contributed by atoms with E-state index >= 15 is 0 Å². The Morgan fingerprint density at radius 2 is 1.97 bits per heavy atom. The number of fused-ring (bicyclic) bond motifs is 2. The van der Waals surface area contributed by atoms with Crippen molar-refractivity contribution >= 4 is 34.1 Å². The van der Waals surface area contributed by atoms with E-state index in [0.717, 1.165) is 57.8 Å².